The smallest absolute Gasteiger partial charge is 0.328 e. The van der Waals surface area contributed by atoms with E-state index in [2.05, 4.69) is 22.0 Å². The number of nitrogens with one attached hydrogen (secondary N) is 1. The van der Waals surface area contributed by atoms with E-state index in [1.807, 2.05) is 6.07 Å². The molecule has 1 saturated heterocycles. The predicted molar refractivity (Wildman–Crippen MR) is 136 cm³/mol. The molecule has 6 rings (SSSR count). The fourth-order valence-electron chi connectivity index (χ4n) is 6.07. The summed E-state index contributed by atoms with van der Waals surface area (Å²) in [5.74, 6) is -0.566. The Bertz CT molecular complexity index is 1440. The van der Waals surface area contributed by atoms with E-state index in [1.165, 1.54) is 18.1 Å². The van der Waals surface area contributed by atoms with Crippen molar-refractivity contribution >= 4 is 22.8 Å². The lowest BCUT2D eigenvalue weighted by molar-refractivity contribution is -0.133. The average molecular weight is 505 g/mol. The number of carbonyl (C=O) groups is 2. The molecular weight excluding hydrogens is 475 g/mol. The molecule has 37 heavy (non-hydrogen) atoms. The maximum absolute atomic E-state index is 14.6. The number of methoxy groups -OCH3 is 1. The molecule has 0 saturated carbocycles. The number of ether oxygens (including phenoxy) is 1. The van der Waals surface area contributed by atoms with E-state index in [1.54, 1.807) is 36.1 Å². The van der Waals surface area contributed by atoms with Gasteiger partial charge in [0.25, 0.3) is 5.91 Å². The van der Waals surface area contributed by atoms with Crippen molar-refractivity contribution in [3.05, 3.63) is 71.2 Å². The van der Waals surface area contributed by atoms with Gasteiger partial charge in [-0.25, -0.2) is 9.18 Å². The minimum atomic E-state index is -1.13. The van der Waals surface area contributed by atoms with E-state index in [0.29, 0.717) is 29.7 Å². The number of urea groups is 1. The summed E-state index contributed by atoms with van der Waals surface area (Å²) >= 11 is 0. The van der Waals surface area contributed by atoms with Crippen LogP contribution in [0.2, 0.25) is 0 Å². The maximum atomic E-state index is 14.6. The third kappa shape index (κ3) is 3.60. The van der Waals surface area contributed by atoms with Gasteiger partial charge in [0.1, 0.15) is 17.3 Å². The number of benzene rings is 2. The van der Waals surface area contributed by atoms with Gasteiger partial charge < -0.3 is 14.8 Å². The number of amides is 3. The molecule has 192 valence electrons. The largest absolute Gasteiger partial charge is 0.508 e. The van der Waals surface area contributed by atoms with Crippen LogP contribution in [0.3, 0.4) is 0 Å². The summed E-state index contributed by atoms with van der Waals surface area (Å²) in [6.45, 7) is 4.71. The number of H-pyrrole nitrogens is 1. The molecule has 9 heteroatoms. The second-order valence-corrected chi connectivity index (χ2v) is 10.2. The highest BCUT2D eigenvalue weighted by molar-refractivity contribution is 6.08. The number of hydrogen-bond donors (Lipinski definition) is 2. The van der Waals surface area contributed by atoms with Crippen LogP contribution in [0.5, 0.6) is 11.5 Å². The number of aromatic nitrogens is 1. The lowest BCUT2D eigenvalue weighted by atomic mass is 9.81. The number of hydrogen-bond acceptors (Lipinski definition) is 5. The van der Waals surface area contributed by atoms with Crippen LogP contribution in [0.1, 0.15) is 36.2 Å². The highest BCUT2D eigenvalue weighted by Crippen LogP contribution is 2.49. The summed E-state index contributed by atoms with van der Waals surface area (Å²) in [6, 6.07) is 8.71. The Kier molecular flexibility index (Phi) is 5.49. The van der Waals surface area contributed by atoms with E-state index < -0.39 is 17.4 Å². The summed E-state index contributed by atoms with van der Waals surface area (Å²) in [4.78, 5) is 36.3. The van der Waals surface area contributed by atoms with E-state index in [9.17, 15) is 19.1 Å². The SMILES string of the molecule is COc1cc2c3c([nH]c2cc1F)C(c1cccc(O)c1)N1C(=O)N(CCCN2CC=CC2)C(=O)C1(C)C3. The van der Waals surface area contributed by atoms with E-state index in [0.717, 1.165) is 30.6 Å². The first-order valence-corrected chi connectivity index (χ1v) is 12.5. The molecule has 3 aromatic rings. The molecule has 0 spiro atoms. The standard InChI is InChI=1S/C28H29FN4O4/c1-28-16-20-19-14-23(37-2)21(29)15-22(19)30-24(20)25(17-7-5-8-18(34)13-17)33(28)27(36)32(26(28)35)12-6-11-31-9-3-4-10-31/h3-5,7-8,13-15,25,30,34H,6,9-12,16H2,1-2H3. The van der Waals surface area contributed by atoms with Crippen LogP contribution in [0, 0.1) is 5.82 Å². The Morgan fingerprint density at radius 3 is 2.68 bits per heavy atom. The van der Waals surface area contributed by atoms with Gasteiger partial charge in [0, 0.05) is 55.3 Å². The fourth-order valence-corrected chi connectivity index (χ4v) is 6.07. The number of fused-ring (bicyclic) bond motifs is 4. The minimum Gasteiger partial charge on any atom is -0.508 e. The normalized spacial score (nSPS) is 23.3. The van der Waals surface area contributed by atoms with Crippen molar-refractivity contribution in [3.8, 4) is 11.5 Å². The molecule has 3 aliphatic heterocycles. The Hall–Kier alpha value is -3.85. The third-order valence-electron chi connectivity index (χ3n) is 7.87. The van der Waals surface area contributed by atoms with Crippen molar-refractivity contribution in [2.45, 2.75) is 31.3 Å². The minimum absolute atomic E-state index is 0.0594. The summed E-state index contributed by atoms with van der Waals surface area (Å²) in [5.41, 5.74) is 1.64. The van der Waals surface area contributed by atoms with Crippen molar-refractivity contribution in [1.29, 1.82) is 0 Å². The Labute approximate surface area is 213 Å². The molecule has 3 aliphatic rings. The number of phenols is 1. The monoisotopic (exact) mass is 504 g/mol. The van der Waals surface area contributed by atoms with Crippen molar-refractivity contribution in [1.82, 2.24) is 19.7 Å². The molecular formula is C28H29FN4O4. The van der Waals surface area contributed by atoms with Gasteiger partial charge in [-0.2, -0.15) is 0 Å². The number of imide groups is 1. The topological polar surface area (TPSA) is 89.1 Å². The van der Waals surface area contributed by atoms with Gasteiger partial charge in [-0.15, -0.1) is 0 Å². The van der Waals surface area contributed by atoms with Crippen LogP contribution < -0.4 is 4.74 Å². The number of aromatic hydroxyl groups is 1. The molecule has 4 heterocycles. The molecule has 3 amide bonds. The van der Waals surface area contributed by atoms with Crippen LogP contribution in [0.4, 0.5) is 9.18 Å². The summed E-state index contributed by atoms with van der Waals surface area (Å²) < 4.78 is 19.8. The molecule has 2 aromatic carbocycles. The Balaban J connectivity index is 1.44. The zero-order valence-electron chi connectivity index (χ0n) is 20.8. The first-order valence-electron chi connectivity index (χ1n) is 12.5. The second kappa shape index (κ2) is 8.62. The quantitative estimate of drug-likeness (QED) is 0.392. The van der Waals surface area contributed by atoms with Gasteiger partial charge in [-0.1, -0.05) is 24.3 Å². The number of halogens is 1. The van der Waals surface area contributed by atoms with Gasteiger partial charge >= 0.3 is 6.03 Å². The fraction of sp³-hybridized carbons (Fsp3) is 0.357. The molecule has 0 bridgehead atoms. The van der Waals surface area contributed by atoms with E-state index in [4.69, 9.17) is 4.74 Å². The lowest BCUT2D eigenvalue weighted by Crippen LogP contribution is -2.53. The molecule has 0 aliphatic carbocycles. The van der Waals surface area contributed by atoms with Gasteiger partial charge in [0.05, 0.1) is 7.11 Å². The Morgan fingerprint density at radius 2 is 1.95 bits per heavy atom. The van der Waals surface area contributed by atoms with Gasteiger partial charge in [-0.05, 0) is 42.7 Å². The molecule has 1 aromatic heterocycles. The number of carbonyl (C=O) groups excluding carboxylic acids is 2. The lowest BCUT2D eigenvalue weighted by Gasteiger charge is -2.42. The second-order valence-electron chi connectivity index (χ2n) is 10.2. The summed E-state index contributed by atoms with van der Waals surface area (Å²) in [5, 5.41) is 11.0. The molecule has 0 radical (unpaired) electrons. The molecule has 1 fully saturated rings. The average Bonchev–Trinajstić information content (AvgIpc) is 3.55. The molecule has 2 atom stereocenters. The van der Waals surface area contributed by atoms with Crippen LogP contribution in [0.25, 0.3) is 10.9 Å². The van der Waals surface area contributed by atoms with Crippen molar-refractivity contribution < 1.29 is 23.8 Å². The first-order chi connectivity index (χ1) is 17.8. The van der Waals surface area contributed by atoms with Crippen molar-refractivity contribution in [2.75, 3.05) is 33.3 Å². The number of aromatic amines is 1. The van der Waals surface area contributed by atoms with E-state index >= 15 is 0 Å². The highest BCUT2D eigenvalue weighted by Gasteiger charge is 2.60. The van der Waals surface area contributed by atoms with Crippen LogP contribution in [-0.4, -0.2) is 75.6 Å². The third-order valence-corrected chi connectivity index (χ3v) is 7.87. The summed E-state index contributed by atoms with van der Waals surface area (Å²) in [6.07, 6.45) is 5.20. The van der Waals surface area contributed by atoms with Crippen molar-refractivity contribution in [2.24, 2.45) is 0 Å². The van der Waals surface area contributed by atoms with Crippen LogP contribution in [0.15, 0.2) is 48.6 Å². The number of phenolic OH excluding ortho intramolecular Hbond substituents is 1. The molecule has 2 unspecified atom stereocenters. The first kappa shape index (κ1) is 23.5. The van der Waals surface area contributed by atoms with Gasteiger partial charge in [0.2, 0.25) is 0 Å². The number of rotatable bonds is 6. The molecule has 8 nitrogen and oxygen atoms in total. The van der Waals surface area contributed by atoms with Gasteiger partial charge in [0.15, 0.2) is 11.6 Å². The zero-order chi connectivity index (χ0) is 25.9. The van der Waals surface area contributed by atoms with Crippen LogP contribution in [-0.2, 0) is 11.2 Å². The highest BCUT2D eigenvalue weighted by atomic mass is 19.1. The Morgan fingerprint density at radius 1 is 1.16 bits per heavy atom. The number of nitrogens with zero attached hydrogens (tertiary/aromatic N) is 3. The van der Waals surface area contributed by atoms with E-state index in [-0.39, 0.29) is 29.9 Å². The maximum Gasteiger partial charge on any atom is 0.328 e. The predicted octanol–water partition coefficient (Wildman–Crippen LogP) is 3.95. The zero-order valence-corrected chi connectivity index (χ0v) is 20.8. The van der Waals surface area contributed by atoms with Crippen molar-refractivity contribution in [3.63, 3.8) is 0 Å². The molecule has 2 N–H and O–H groups in total. The summed E-state index contributed by atoms with van der Waals surface area (Å²) in [7, 11) is 1.41. The van der Waals surface area contributed by atoms with Crippen LogP contribution >= 0.6 is 0 Å². The van der Waals surface area contributed by atoms with Gasteiger partial charge in [-0.3, -0.25) is 19.5 Å².